The number of rotatable bonds is 3. The zero-order valence-corrected chi connectivity index (χ0v) is 17.4. The molecular formula is C21H21F2N5O4. The van der Waals surface area contributed by atoms with Crippen molar-refractivity contribution >= 4 is 17.6 Å². The number of aromatic nitrogens is 2. The van der Waals surface area contributed by atoms with E-state index in [1.54, 1.807) is 18.2 Å². The fourth-order valence-corrected chi connectivity index (χ4v) is 4.62. The number of nitrogens with two attached hydrogens (primary N) is 1. The number of benzene rings is 1. The quantitative estimate of drug-likeness (QED) is 0.744. The van der Waals surface area contributed by atoms with Crippen LogP contribution in [0, 0.1) is 5.41 Å². The Bertz CT molecular complexity index is 1120. The third-order valence-electron chi connectivity index (χ3n) is 6.55. The molecule has 1 fully saturated rings. The molecule has 0 saturated carbocycles. The molecule has 1 unspecified atom stereocenters. The molecule has 168 valence electrons. The van der Waals surface area contributed by atoms with Gasteiger partial charge in [-0.2, -0.15) is 0 Å². The van der Waals surface area contributed by atoms with Crippen LogP contribution in [-0.4, -0.2) is 47.3 Å². The number of amidine groups is 1. The van der Waals surface area contributed by atoms with E-state index in [1.165, 1.54) is 0 Å². The molecule has 32 heavy (non-hydrogen) atoms. The fraction of sp³-hybridized carbons (Fsp3) is 0.429. The molecule has 11 heteroatoms. The van der Waals surface area contributed by atoms with Gasteiger partial charge in [0.15, 0.2) is 0 Å². The number of fused-ring (bicyclic) bond motifs is 3. The lowest BCUT2D eigenvalue weighted by molar-refractivity contribution is -0.247. The Labute approximate surface area is 182 Å². The third-order valence-corrected chi connectivity index (χ3v) is 6.55. The summed E-state index contributed by atoms with van der Waals surface area (Å²) in [7, 11) is 0. The molecule has 0 aliphatic carbocycles. The van der Waals surface area contributed by atoms with E-state index in [0.717, 1.165) is 18.0 Å². The van der Waals surface area contributed by atoms with Crippen LogP contribution in [0.15, 0.2) is 35.6 Å². The van der Waals surface area contributed by atoms with Crippen molar-refractivity contribution in [2.24, 2.45) is 16.1 Å². The van der Waals surface area contributed by atoms with Gasteiger partial charge in [-0.25, -0.2) is 18.8 Å². The van der Waals surface area contributed by atoms with Gasteiger partial charge < -0.3 is 25.3 Å². The van der Waals surface area contributed by atoms with Crippen LogP contribution >= 0.6 is 0 Å². The Hall–Kier alpha value is -3.34. The van der Waals surface area contributed by atoms with E-state index < -0.39 is 34.6 Å². The number of hydrogen-bond acceptors (Lipinski definition) is 8. The Balaban J connectivity index is 1.51. The Morgan fingerprint density at radius 2 is 1.97 bits per heavy atom. The number of anilines is 1. The van der Waals surface area contributed by atoms with Crippen molar-refractivity contribution in [3.05, 3.63) is 47.5 Å². The van der Waals surface area contributed by atoms with Gasteiger partial charge in [-0.15, -0.1) is 0 Å². The fourth-order valence-electron chi connectivity index (χ4n) is 4.62. The van der Waals surface area contributed by atoms with Gasteiger partial charge in [-0.05, 0) is 32.0 Å². The first kappa shape index (κ1) is 20.6. The van der Waals surface area contributed by atoms with Crippen LogP contribution in [0.2, 0.25) is 0 Å². The molecule has 0 bridgehead atoms. The molecule has 9 nitrogen and oxygen atoms in total. The van der Waals surface area contributed by atoms with E-state index in [0.29, 0.717) is 24.7 Å². The lowest BCUT2D eigenvalue weighted by Gasteiger charge is -2.61. The van der Waals surface area contributed by atoms with E-state index in [4.69, 9.17) is 24.9 Å². The molecule has 1 atom stereocenters. The second-order valence-electron chi connectivity index (χ2n) is 8.58. The first-order chi connectivity index (χ1) is 15.2. The first-order valence-electron chi connectivity index (χ1n) is 9.98. The van der Waals surface area contributed by atoms with Crippen molar-refractivity contribution in [1.29, 1.82) is 0 Å². The molecule has 1 aromatic carbocycles. The predicted molar refractivity (Wildman–Crippen MR) is 109 cm³/mol. The summed E-state index contributed by atoms with van der Waals surface area (Å²) in [5.41, 5.74) is 4.55. The minimum atomic E-state index is -2.76. The minimum absolute atomic E-state index is 0.0868. The molecule has 5 rings (SSSR count). The summed E-state index contributed by atoms with van der Waals surface area (Å²) in [6, 6.07) is 5.27. The molecule has 3 aliphatic heterocycles. The number of nitrogens with zero attached hydrogens (tertiary/aromatic N) is 3. The molecule has 3 N–H and O–H groups in total. The van der Waals surface area contributed by atoms with Crippen LogP contribution in [0.4, 0.5) is 14.5 Å². The number of ether oxygens (including phenoxy) is 3. The predicted octanol–water partition coefficient (Wildman–Crippen LogP) is 2.39. The van der Waals surface area contributed by atoms with Crippen molar-refractivity contribution < 1.29 is 27.8 Å². The van der Waals surface area contributed by atoms with E-state index in [-0.39, 0.29) is 18.3 Å². The smallest absolute Gasteiger partial charge is 0.283 e. The second kappa shape index (κ2) is 6.83. The molecular weight excluding hydrogens is 424 g/mol. The van der Waals surface area contributed by atoms with Gasteiger partial charge in [0.2, 0.25) is 0 Å². The largest absolute Gasteiger partial charge is 0.487 e. The summed E-state index contributed by atoms with van der Waals surface area (Å²) in [6.07, 6.45) is -0.866. The van der Waals surface area contributed by atoms with Gasteiger partial charge >= 0.3 is 0 Å². The normalized spacial score (nSPS) is 24.3. The number of nitrogens with one attached hydrogen (secondary N) is 1. The van der Waals surface area contributed by atoms with Crippen molar-refractivity contribution in [3.63, 3.8) is 0 Å². The van der Waals surface area contributed by atoms with Gasteiger partial charge in [-0.1, -0.05) is 0 Å². The van der Waals surface area contributed by atoms with Gasteiger partial charge in [0.25, 0.3) is 18.4 Å². The van der Waals surface area contributed by atoms with Crippen molar-refractivity contribution in [3.8, 4) is 5.75 Å². The number of hydrogen-bond donors (Lipinski definition) is 2. The highest BCUT2D eigenvalue weighted by atomic mass is 19.3. The van der Waals surface area contributed by atoms with Crippen LogP contribution < -0.4 is 15.8 Å². The van der Waals surface area contributed by atoms with Gasteiger partial charge in [-0.3, -0.25) is 9.78 Å². The highest BCUT2D eigenvalue weighted by Crippen LogP contribution is 2.62. The Morgan fingerprint density at radius 1 is 1.19 bits per heavy atom. The van der Waals surface area contributed by atoms with E-state index >= 15 is 0 Å². The summed E-state index contributed by atoms with van der Waals surface area (Å²) in [5, 5.41) is 2.72. The van der Waals surface area contributed by atoms with Crippen LogP contribution in [0.5, 0.6) is 5.75 Å². The van der Waals surface area contributed by atoms with Gasteiger partial charge in [0.1, 0.15) is 34.9 Å². The molecule has 0 radical (unpaired) electrons. The number of halogens is 2. The molecule has 3 aliphatic rings. The van der Waals surface area contributed by atoms with E-state index in [2.05, 4.69) is 15.3 Å². The van der Waals surface area contributed by atoms with Crippen LogP contribution in [-0.2, 0) is 15.0 Å². The van der Waals surface area contributed by atoms with Crippen LogP contribution in [0.1, 0.15) is 42.0 Å². The average Bonchev–Trinajstić information content (AvgIpc) is 3.09. The van der Waals surface area contributed by atoms with Crippen molar-refractivity contribution in [2.75, 3.05) is 25.1 Å². The van der Waals surface area contributed by atoms with E-state index in [1.807, 2.05) is 13.8 Å². The van der Waals surface area contributed by atoms with Crippen LogP contribution in [0.3, 0.4) is 0 Å². The van der Waals surface area contributed by atoms with Gasteiger partial charge in [0, 0.05) is 11.3 Å². The van der Waals surface area contributed by atoms with Gasteiger partial charge in [0.05, 0.1) is 31.0 Å². The maximum absolute atomic E-state index is 12.7. The Kier molecular flexibility index (Phi) is 4.39. The number of aliphatic imine (C=N–C) groups is 1. The number of alkyl halides is 2. The first-order valence-corrected chi connectivity index (χ1v) is 9.98. The molecule has 1 saturated heterocycles. The summed E-state index contributed by atoms with van der Waals surface area (Å²) in [6.45, 7) is 5.04. The average molecular weight is 445 g/mol. The summed E-state index contributed by atoms with van der Waals surface area (Å²) in [4.78, 5) is 24.7. The highest BCUT2D eigenvalue weighted by molar-refractivity contribution is 6.02. The highest BCUT2D eigenvalue weighted by Gasteiger charge is 2.71. The molecule has 2 spiro atoms. The number of amides is 1. The summed E-state index contributed by atoms with van der Waals surface area (Å²) >= 11 is 0. The maximum Gasteiger partial charge on any atom is 0.283 e. The summed E-state index contributed by atoms with van der Waals surface area (Å²) in [5.74, 6) is 0.0189. The standard InChI is InChI=1S/C21H21F2N5O4/c1-19(2)20(8-30-9-20)21(10-31-18(24)28-21)12-5-11(3-4-15(12)32-19)27-17(29)14-7-25-13(6-26-14)16(22)23/h3-7,16H,8-10H2,1-2H3,(H2,24,28)(H,27,29). The van der Waals surface area contributed by atoms with Crippen LogP contribution in [0.25, 0.3) is 0 Å². The van der Waals surface area contributed by atoms with Crippen molar-refractivity contribution in [2.45, 2.75) is 31.4 Å². The molecule has 1 aromatic heterocycles. The molecule has 4 heterocycles. The summed E-state index contributed by atoms with van der Waals surface area (Å²) < 4.78 is 42.9. The van der Waals surface area contributed by atoms with E-state index in [9.17, 15) is 13.6 Å². The van der Waals surface area contributed by atoms with Crippen molar-refractivity contribution in [1.82, 2.24) is 9.97 Å². The maximum atomic E-state index is 12.7. The zero-order chi connectivity index (χ0) is 22.7. The third kappa shape index (κ3) is 2.77. The number of carbonyl (C=O) groups is 1. The lowest BCUT2D eigenvalue weighted by atomic mass is 9.55. The monoisotopic (exact) mass is 445 g/mol. The SMILES string of the molecule is CC1(C)Oc2ccc(NC(=O)c3cnc(C(F)F)cn3)cc2C2(COC(N)=N2)C12COC2. The lowest BCUT2D eigenvalue weighted by Crippen LogP contribution is -2.71. The Morgan fingerprint density at radius 3 is 2.53 bits per heavy atom. The molecule has 1 amide bonds. The molecule has 2 aromatic rings. The topological polar surface area (TPSA) is 121 Å². The second-order valence-corrected chi connectivity index (χ2v) is 8.58. The zero-order valence-electron chi connectivity index (χ0n) is 17.4. The minimum Gasteiger partial charge on any atom is -0.487 e. The number of carbonyl (C=O) groups excluding carboxylic acids is 1.